The summed E-state index contributed by atoms with van der Waals surface area (Å²) in [4.78, 5) is 0.463. The van der Waals surface area contributed by atoms with Crippen molar-refractivity contribution in [1.29, 1.82) is 5.41 Å². The van der Waals surface area contributed by atoms with Gasteiger partial charge >= 0.3 is 0 Å². The molecule has 0 unspecified atom stereocenters. The summed E-state index contributed by atoms with van der Waals surface area (Å²) < 4.78 is 18.6. The molecule has 0 spiro atoms. The van der Waals surface area contributed by atoms with E-state index in [1.54, 1.807) is 21.3 Å². The quantitative estimate of drug-likeness (QED) is 0.900. The van der Waals surface area contributed by atoms with Crippen LogP contribution >= 0.6 is 11.3 Å². The lowest BCUT2D eigenvalue weighted by atomic mass is 10.3. The fourth-order valence-electron chi connectivity index (χ4n) is 1.86. The van der Waals surface area contributed by atoms with Crippen LogP contribution < -0.4 is 14.3 Å². The second kappa shape index (κ2) is 5.41. The molecule has 1 heterocycles. The Morgan fingerprint density at radius 3 is 2.44 bits per heavy atom. The molecule has 0 aliphatic rings. The lowest BCUT2D eigenvalue weighted by Crippen LogP contribution is -2.16. The number of fused-ring (bicyclic) bond motifs is 1. The zero-order valence-corrected chi connectivity index (χ0v) is 11.5. The van der Waals surface area contributed by atoms with Gasteiger partial charge in [-0.25, -0.2) is 0 Å². The standard InChI is InChI=1S/C12H16N2O3S/c1-15-7-6-14-10-8(16-2)4-5-9(17-3)11(10)18-12(14)13/h4-5,13H,6-7H2,1-3H3. The molecule has 98 valence electrons. The van der Waals surface area contributed by atoms with Crippen LogP contribution in [0.25, 0.3) is 10.2 Å². The van der Waals surface area contributed by atoms with Gasteiger partial charge in [0.15, 0.2) is 4.80 Å². The van der Waals surface area contributed by atoms with E-state index in [2.05, 4.69) is 0 Å². The predicted molar refractivity (Wildman–Crippen MR) is 70.6 cm³/mol. The van der Waals surface area contributed by atoms with Crippen LogP contribution in [-0.4, -0.2) is 32.5 Å². The van der Waals surface area contributed by atoms with E-state index in [4.69, 9.17) is 19.6 Å². The summed E-state index contributed by atoms with van der Waals surface area (Å²) in [6.45, 7) is 1.18. The highest BCUT2D eigenvalue weighted by Gasteiger charge is 2.14. The van der Waals surface area contributed by atoms with Gasteiger partial charge in [0, 0.05) is 13.7 Å². The van der Waals surface area contributed by atoms with Crippen LogP contribution in [0.4, 0.5) is 0 Å². The third kappa shape index (κ3) is 2.09. The molecule has 1 N–H and O–H groups in total. The molecule has 2 aromatic rings. The molecule has 0 aliphatic heterocycles. The van der Waals surface area contributed by atoms with Crippen molar-refractivity contribution in [2.75, 3.05) is 27.9 Å². The topological polar surface area (TPSA) is 56.5 Å². The first-order valence-electron chi connectivity index (χ1n) is 5.50. The molecule has 0 bridgehead atoms. The minimum atomic E-state index is 0.463. The zero-order chi connectivity index (χ0) is 13.1. The number of nitrogens with one attached hydrogen (secondary N) is 1. The van der Waals surface area contributed by atoms with E-state index in [9.17, 15) is 0 Å². The van der Waals surface area contributed by atoms with Crippen molar-refractivity contribution in [3.8, 4) is 11.5 Å². The van der Waals surface area contributed by atoms with Gasteiger partial charge in [-0.1, -0.05) is 11.3 Å². The maximum atomic E-state index is 8.04. The fraction of sp³-hybridized carbons (Fsp3) is 0.417. The number of methoxy groups -OCH3 is 3. The number of hydrogen-bond acceptors (Lipinski definition) is 5. The number of hydrogen-bond donors (Lipinski definition) is 1. The van der Waals surface area contributed by atoms with Crippen molar-refractivity contribution in [1.82, 2.24) is 4.57 Å². The SMILES string of the molecule is COCCn1c(=N)sc2c(OC)ccc(OC)c21. The van der Waals surface area contributed by atoms with Gasteiger partial charge in [0.1, 0.15) is 21.7 Å². The maximum Gasteiger partial charge on any atom is 0.183 e. The van der Waals surface area contributed by atoms with Gasteiger partial charge in [-0.2, -0.15) is 0 Å². The maximum absolute atomic E-state index is 8.04. The summed E-state index contributed by atoms with van der Waals surface area (Å²) in [7, 11) is 4.91. The third-order valence-electron chi connectivity index (χ3n) is 2.73. The lowest BCUT2D eigenvalue weighted by Gasteiger charge is -2.09. The van der Waals surface area contributed by atoms with Gasteiger partial charge in [0.25, 0.3) is 0 Å². The Bertz CT molecular complexity index is 603. The number of rotatable bonds is 5. The first-order valence-corrected chi connectivity index (χ1v) is 6.32. The van der Waals surface area contributed by atoms with E-state index in [0.29, 0.717) is 18.0 Å². The predicted octanol–water partition coefficient (Wildman–Crippen LogP) is 1.85. The Morgan fingerprint density at radius 2 is 1.83 bits per heavy atom. The average Bonchev–Trinajstić information content (AvgIpc) is 2.72. The van der Waals surface area contributed by atoms with E-state index >= 15 is 0 Å². The van der Waals surface area contributed by atoms with Crippen LogP contribution in [0.15, 0.2) is 12.1 Å². The number of aromatic nitrogens is 1. The highest BCUT2D eigenvalue weighted by atomic mass is 32.1. The number of thiazole rings is 1. The molecule has 0 saturated heterocycles. The van der Waals surface area contributed by atoms with Gasteiger partial charge in [0.2, 0.25) is 0 Å². The fourth-order valence-corrected chi connectivity index (χ4v) is 2.91. The van der Waals surface area contributed by atoms with Gasteiger partial charge in [-0.3, -0.25) is 5.41 Å². The molecule has 1 aromatic heterocycles. The highest BCUT2D eigenvalue weighted by molar-refractivity contribution is 7.16. The third-order valence-corrected chi connectivity index (χ3v) is 3.74. The van der Waals surface area contributed by atoms with E-state index in [-0.39, 0.29) is 0 Å². The Hall–Kier alpha value is -1.53. The lowest BCUT2D eigenvalue weighted by molar-refractivity contribution is 0.187. The smallest absolute Gasteiger partial charge is 0.183 e. The Balaban J connectivity index is 2.69. The van der Waals surface area contributed by atoms with Crippen molar-refractivity contribution >= 4 is 21.6 Å². The Kier molecular flexibility index (Phi) is 3.88. The van der Waals surface area contributed by atoms with Crippen LogP contribution in [0.5, 0.6) is 11.5 Å². The molecule has 0 saturated carbocycles. The molecule has 1 aromatic carbocycles. The van der Waals surface area contributed by atoms with E-state index < -0.39 is 0 Å². The van der Waals surface area contributed by atoms with Crippen LogP contribution in [0.3, 0.4) is 0 Å². The molecule has 0 fully saturated rings. The summed E-state index contributed by atoms with van der Waals surface area (Å²) in [5.41, 5.74) is 0.893. The molecule has 0 amide bonds. The monoisotopic (exact) mass is 268 g/mol. The van der Waals surface area contributed by atoms with E-state index in [0.717, 1.165) is 21.7 Å². The van der Waals surface area contributed by atoms with Crippen LogP contribution in [0.2, 0.25) is 0 Å². The normalized spacial score (nSPS) is 10.8. The van der Waals surface area contributed by atoms with Crippen LogP contribution in [0.1, 0.15) is 0 Å². The van der Waals surface area contributed by atoms with E-state index in [1.807, 2.05) is 16.7 Å². The first-order chi connectivity index (χ1) is 8.72. The molecular weight excluding hydrogens is 252 g/mol. The summed E-state index contributed by atoms with van der Waals surface area (Å²) >= 11 is 1.38. The minimum absolute atomic E-state index is 0.463. The van der Waals surface area contributed by atoms with Crippen LogP contribution in [0, 0.1) is 5.41 Å². The Morgan fingerprint density at radius 1 is 1.17 bits per heavy atom. The zero-order valence-electron chi connectivity index (χ0n) is 10.6. The van der Waals surface area contributed by atoms with Crippen LogP contribution in [-0.2, 0) is 11.3 Å². The summed E-state index contributed by atoms with van der Waals surface area (Å²) in [5, 5.41) is 8.04. The molecule has 0 radical (unpaired) electrons. The second-order valence-electron chi connectivity index (χ2n) is 3.70. The second-order valence-corrected chi connectivity index (χ2v) is 4.70. The Labute approximate surface area is 109 Å². The minimum Gasteiger partial charge on any atom is -0.495 e. The summed E-state index contributed by atoms with van der Waals surface area (Å²) in [5.74, 6) is 1.51. The molecular formula is C12H16N2O3S. The van der Waals surface area contributed by atoms with Gasteiger partial charge < -0.3 is 18.8 Å². The van der Waals surface area contributed by atoms with Gasteiger partial charge in [-0.05, 0) is 12.1 Å². The van der Waals surface area contributed by atoms with Crippen molar-refractivity contribution in [3.63, 3.8) is 0 Å². The molecule has 0 aliphatic carbocycles. The van der Waals surface area contributed by atoms with Crippen molar-refractivity contribution in [3.05, 3.63) is 16.9 Å². The van der Waals surface area contributed by atoms with Gasteiger partial charge in [-0.15, -0.1) is 0 Å². The molecule has 6 heteroatoms. The molecule has 0 atom stereocenters. The average molecular weight is 268 g/mol. The summed E-state index contributed by atoms with van der Waals surface area (Å²) in [6, 6.07) is 3.72. The number of ether oxygens (including phenoxy) is 3. The number of benzene rings is 1. The van der Waals surface area contributed by atoms with Crippen molar-refractivity contribution < 1.29 is 14.2 Å². The highest BCUT2D eigenvalue weighted by Crippen LogP contribution is 2.34. The van der Waals surface area contributed by atoms with Crippen molar-refractivity contribution in [2.24, 2.45) is 0 Å². The van der Waals surface area contributed by atoms with E-state index in [1.165, 1.54) is 11.3 Å². The summed E-state index contributed by atoms with van der Waals surface area (Å²) in [6.07, 6.45) is 0. The number of nitrogens with zero attached hydrogens (tertiary/aromatic N) is 1. The molecule has 2 rings (SSSR count). The van der Waals surface area contributed by atoms with Crippen molar-refractivity contribution in [2.45, 2.75) is 6.54 Å². The molecule has 5 nitrogen and oxygen atoms in total. The van der Waals surface area contributed by atoms with Gasteiger partial charge in [0.05, 0.1) is 20.8 Å². The first kappa shape index (κ1) is 12.9. The molecule has 18 heavy (non-hydrogen) atoms. The largest absolute Gasteiger partial charge is 0.495 e.